The molecule has 104 valence electrons. The maximum absolute atomic E-state index is 13.7. The Morgan fingerprint density at radius 1 is 1.14 bits per heavy atom. The summed E-state index contributed by atoms with van der Waals surface area (Å²) in [4.78, 5) is 4.41. The van der Waals surface area contributed by atoms with E-state index < -0.39 is 0 Å². The van der Waals surface area contributed by atoms with Crippen LogP contribution in [0.25, 0.3) is 22.0 Å². The lowest BCUT2D eigenvalue weighted by Crippen LogP contribution is -1.98. The first kappa shape index (κ1) is 12.0. The van der Waals surface area contributed by atoms with Crippen LogP contribution in [0, 0.1) is 5.82 Å². The molecule has 0 spiro atoms. The highest BCUT2D eigenvalue weighted by Crippen LogP contribution is 2.24. The normalized spacial score (nSPS) is 11.5. The molecule has 0 saturated heterocycles. The molecule has 4 rings (SSSR count). The van der Waals surface area contributed by atoms with Gasteiger partial charge in [0, 0.05) is 11.6 Å². The van der Waals surface area contributed by atoms with Gasteiger partial charge in [0.25, 0.3) is 0 Å². The molecule has 2 aromatic heterocycles. The summed E-state index contributed by atoms with van der Waals surface area (Å²) in [5.41, 5.74) is 8.60. The third kappa shape index (κ3) is 1.86. The van der Waals surface area contributed by atoms with Gasteiger partial charge in [0.2, 0.25) is 5.89 Å². The van der Waals surface area contributed by atoms with Crippen LogP contribution in [0.4, 0.5) is 10.1 Å². The SMILES string of the molecule is Nc1cccc2oc(Cn3ccc4c(F)cccc43)nc12. The number of hydrogen-bond acceptors (Lipinski definition) is 3. The van der Waals surface area contributed by atoms with Gasteiger partial charge < -0.3 is 14.7 Å². The van der Waals surface area contributed by atoms with E-state index in [1.807, 2.05) is 29.0 Å². The number of oxazole rings is 1. The fourth-order valence-corrected chi connectivity index (χ4v) is 2.55. The van der Waals surface area contributed by atoms with Crippen LogP contribution < -0.4 is 5.73 Å². The molecule has 0 aliphatic rings. The van der Waals surface area contributed by atoms with Crippen LogP contribution in [-0.2, 0) is 6.54 Å². The number of halogens is 1. The molecular formula is C16H12FN3O. The Kier molecular flexibility index (Phi) is 2.47. The minimum absolute atomic E-state index is 0.229. The molecule has 2 heterocycles. The molecule has 0 atom stereocenters. The number of rotatable bonds is 2. The van der Waals surface area contributed by atoms with Crippen molar-refractivity contribution in [2.45, 2.75) is 6.54 Å². The van der Waals surface area contributed by atoms with Crippen LogP contribution in [0.1, 0.15) is 5.89 Å². The number of hydrogen-bond donors (Lipinski definition) is 1. The first-order chi connectivity index (χ1) is 10.2. The summed E-state index contributed by atoms with van der Waals surface area (Å²) in [5.74, 6) is 0.317. The van der Waals surface area contributed by atoms with Crippen molar-refractivity contribution in [1.29, 1.82) is 0 Å². The van der Waals surface area contributed by atoms with Crippen LogP contribution in [0.5, 0.6) is 0 Å². The zero-order valence-electron chi connectivity index (χ0n) is 11.1. The van der Waals surface area contributed by atoms with Gasteiger partial charge in [-0.05, 0) is 30.3 Å². The molecule has 2 N–H and O–H groups in total. The average Bonchev–Trinajstić information content (AvgIpc) is 3.06. The van der Waals surface area contributed by atoms with Crippen molar-refractivity contribution in [3.8, 4) is 0 Å². The number of anilines is 1. The summed E-state index contributed by atoms with van der Waals surface area (Å²) >= 11 is 0. The predicted octanol–water partition coefficient (Wildman–Crippen LogP) is 3.55. The van der Waals surface area contributed by atoms with Crippen molar-refractivity contribution in [2.75, 3.05) is 5.73 Å². The second-order valence-corrected chi connectivity index (χ2v) is 4.92. The highest BCUT2D eigenvalue weighted by molar-refractivity contribution is 5.85. The molecule has 0 bridgehead atoms. The highest BCUT2D eigenvalue weighted by atomic mass is 19.1. The van der Waals surface area contributed by atoms with Gasteiger partial charge in [0.05, 0.1) is 17.7 Å². The van der Waals surface area contributed by atoms with Crippen molar-refractivity contribution < 1.29 is 8.81 Å². The number of fused-ring (bicyclic) bond motifs is 2. The topological polar surface area (TPSA) is 57.0 Å². The minimum Gasteiger partial charge on any atom is -0.439 e. The molecule has 0 aliphatic heterocycles. The molecule has 4 nitrogen and oxygen atoms in total. The number of aromatic nitrogens is 2. The molecule has 0 unspecified atom stereocenters. The number of benzene rings is 2. The second kappa shape index (κ2) is 4.34. The number of nitrogens with zero attached hydrogens (tertiary/aromatic N) is 2. The maximum Gasteiger partial charge on any atom is 0.215 e. The van der Waals surface area contributed by atoms with E-state index in [0.717, 1.165) is 5.52 Å². The van der Waals surface area contributed by atoms with E-state index in [4.69, 9.17) is 10.2 Å². The molecule has 2 aromatic carbocycles. The Labute approximate surface area is 119 Å². The first-order valence-electron chi connectivity index (χ1n) is 6.59. The van der Waals surface area contributed by atoms with Crippen LogP contribution in [-0.4, -0.2) is 9.55 Å². The molecule has 5 heteroatoms. The van der Waals surface area contributed by atoms with Gasteiger partial charge in [0.1, 0.15) is 11.3 Å². The standard InChI is InChI=1S/C16H12FN3O/c17-11-3-1-5-13-10(11)7-8-20(13)9-15-19-16-12(18)4-2-6-14(16)21-15/h1-8H,9,18H2. The zero-order valence-corrected chi connectivity index (χ0v) is 11.1. The van der Waals surface area contributed by atoms with E-state index >= 15 is 0 Å². The Balaban J connectivity index is 1.79. The van der Waals surface area contributed by atoms with Crippen LogP contribution in [0.3, 0.4) is 0 Å². The van der Waals surface area contributed by atoms with E-state index in [2.05, 4.69) is 4.98 Å². The second-order valence-electron chi connectivity index (χ2n) is 4.92. The fraction of sp³-hybridized carbons (Fsp3) is 0.0625. The molecule has 0 amide bonds. The average molecular weight is 281 g/mol. The quantitative estimate of drug-likeness (QED) is 0.572. The van der Waals surface area contributed by atoms with Gasteiger partial charge in [-0.1, -0.05) is 12.1 Å². The summed E-state index contributed by atoms with van der Waals surface area (Å²) in [6, 6.07) is 12.2. The molecule has 0 radical (unpaired) electrons. The smallest absolute Gasteiger partial charge is 0.215 e. The van der Waals surface area contributed by atoms with Crippen molar-refractivity contribution in [3.63, 3.8) is 0 Å². The number of nitrogen functional groups attached to an aromatic ring is 1. The first-order valence-corrected chi connectivity index (χ1v) is 6.59. The van der Waals surface area contributed by atoms with Gasteiger partial charge in [-0.25, -0.2) is 9.37 Å². The third-order valence-electron chi connectivity index (χ3n) is 3.56. The Hall–Kier alpha value is -2.82. The molecule has 0 fully saturated rings. The van der Waals surface area contributed by atoms with E-state index in [1.54, 1.807) is 18.2 Å². The minimum atomic E-state index is -0.229. The Morgan fingerprint density at radius 3 is 2.86 bits per heavy atom. The van der Waals surface area contributed by atoms with Gasteiger partial charge in [-0.2, -0.15) is 0 Å². The van der Waals surface area contributed by atoms with Gasteiger partial charge >= 0.3 is 0 Å². The lowest BCUT2D eigenvalue weighted by molar-refractivity contribution is 0.513. The van der Waals surface area contributed by atoms with Crippen LogP contribution >= 0.6 is 0 Å². The third-order valence-corrected chi connectivity index (χ3v) is 3.56. The lowest BCUT2D eigenvalue weighted by Gasteiger charge is -2.01. The molecule has 0 aliphatic carbocycles. The monoisotopic (exact) mass is 281 g/mol. The Bertz CT molecular complexity index is 955. The summed E-state index contributed by atoms with van der Waals surface area (Å²) in [6.07, 6.45) is 1.83. The maximum atomic E-state index is 13.7. The van der Waals surface area contributed by atoms with Crippen molar-refractivity contribution in [2.24, 2.45) is 0 Å². The van der Waals surface area contributed by atoms with Gasteiger partial charge in [-0.15, -0.1) is 0 Å². The van der Waals surface area contributed by atoms with Crippen LogP contribution in [0.15, 0.2) is 53.1 Å². The van der Waals surface area contributed by atoms with E-state index in [1.165, 1.54) is 6.07 Å². The van der Waals surface area contributed by atoms with Crippen LogP contribution in [0.2, 0.25) is 0 Å². The molecule has 21 heavy (non-hydrogen) atoms. The highest BCUT2D eigenvalue weighted by Gasteiger charge is 2.11. The fourth-order valence-electron chi connectivity index (χ4n) is 2.55. The predicted molar refractivity (Wildman–Crippen MR) is 79.4 cm³/mol. The van der Waals surface area contributed by atoms with E-state index in [0.29, 0.717) is 34.6 Å². The summed E-state index contributed by atoms with van der Waals surface area (Å²) < 4.78 is 21.3. The van der Waals surface area contributed by atoms with E-state index in [-0.39, 0.29) is 5.82 Å². The number of para-hydroxylation sites is 1. The lowest BCUT2D eigenvalue weighted by atomic mass is 10.2. The molecular weight excluding hydrogens is 269 g/mol. The summed E-state index contributed by atoms with van der Waals surface area (Å²) in [6.45, 7) is 0.432. The van der Waals surface area contributed by atoms with Crippen molar-refractivity contribution >= 4 is 27.7 Å². The largest absolute Gasteiger partial charge is 0.439 e. The van der Waals surface area contributed by atoms with Crippen molar-refractivity contribution in [3.05, 3.63) is 60.4 Å². The van der Waals surface area contributed by atoms with Gasteiger partial charge in [0.15, 0.2) is 5.58 Å². The number of nitrogens with two attached hydrogens (primary N) is 1. The van der Waals surface area contributed by atoms with Gasteiger partial charge in [-0.3, -0.25) is 0 Å². The Morgan fingerprint density at radius 2 is 2.00 bits per heavy atom. The molecule has 4 aromatic rings. The summed E-state index contributed by atoms with van der Waals surface area (Å²) in [5, 5.41) is 0.591. The van der Waals surface area contributed by atoms with Crippen molar-refractivity contribution in [1.82, 2.24) is 9.55 Å². The molecule has 0 saturated carbocycles. The zero-order chi connectivity index (χ0) is 14.4. The van der Waals surface area contributed by atoms with E-state index in [9.17, 15) is 4.39 Å². The summed E-state index contributed by atoms with van der Waals surface area (Å²) in [7, 11) is 0.